The van der Waals surface area contributed by atoms with Gasteiger partial charge in [-0.2, -0.15) is 5.26 Å². The molecule has 1 N–H and O–H groups in total. The van der Waals surface area contributed by atoms with Gasteiger partial charge in [-0.25, -0.2) is 4.39 Å². The monoisotopic (exact) mass is 228 g/mol. The Morgan fingerprint density at radius 3 is 2.82 bits per heavy atom. The third kappa shape index (κ3) is 2.23. The van der Waals surface area contributed by atoms with Crippen molar-refractivity contribution in [2.75, 3.05) is 0 Å². The average molecular weight is 228 g/mol. The Labute approximate surface area is 97.2 Å². The summed E-state index contributed by atoms with van der Waals surface area (Å²) in [4.78, 5) is 13.9. The van der Waals surface area contributed by atoms with E-state index >= 15 is 0 Å². The SMILES string of the molecule is N#CCc1cc(-c2ccccc2F)c[nH]c1=O. The maximum atomic E-state index is 13.5. The van der Waals surface area contributed by atoms with Gasteiger partial charge in [0.2, 0.25) is 0 Å². The second-order valence-corrected chi connectivity index (χ2v) is 3.56. The summed E-state index contributed by atoms with van der Waals surface area (Å²) in [6, 6.07) is 9.74. The van der Waals surface area contributed by atoms with Crippen molar-refractivity contribution >= 4 is 0 Å². The van der Waals surface area contributed by atoms with Crippen LogP contribution in [0, 0.1) is 17.1 Å². The first-order chi connectivity index (χ1) is 8.22. The minimum atomic E-state index is -0.359. The number of rotatable bonds is 2. The minimum absolute atomic E-state index is 0.0115. The lowest BCUT2D eigenvalue weighted by Crippen LogP contribution is -2.11. The molecule has 0 unspecified atom stereocenters. The zero-order chi connectivity index (χ0) is 12.3. The maximum absolute atomic E-state index is 13.5. The van der Waals surface area contributed by atoms with E-state index in [0.29, 0.717) is 16.7 Å². The van der Waals surface area contributed by atoms with Gasteiger partial charge >= 0.3 is 0 Å². The average Bonchev–Trinajstić information content (AvgIpc) is 2.33. The highest BCUT2D eigenvalue weighted by atomic mass is 19.1. The molecule has 0 bridgehead atoms. The Morgan fingerprint density at radius 2 is 2.12 bits per heavy atom. The first-order valence-electron chi connectivity index (χ1n) is 5.06. The number of aromatic amines is 1. The van der Waals surface area contributed by atoms with Crippen molar-refractivity contribution in [3.05, 3.63) is 58.3 Å². The number of nitrogens with one attached hydrogen (secondary N) is 1. The smallest absolute Gasteiger partial charge is 0.252 e. The van der Waals surface area contributed by atoms with Crippen LogP contribution < -0.4 is 5.56 Å². The summed E-state index contributed by atoms with van der Waals surface area (Å²) in [6.07, 6.45) is 1.46. The number of halogens is 1. The third-order valence-electron chi connectivity index (χ3n) is 2.43. The lowest BCUT2D eigenvalue weighted by molar-refractivity contribution is 0.631. The molecule has 0 aliphatic rings. The van der Waals surface area contributed by atoms with Gasteiger partial charge in [-0.15, -0.1) is 0 Å². The van der Waals surface area contributed by atoms with Crippen molar-refractivity contribution in [2.45, 2.75) is 6.42 Å². The molecule has 0 aliphatic heterocycles. The highest BCUT2D eigenvalue weighted by Crippen LogP contribution is 2.21. The summed E-state index contributed by atoms with van der Waals surface area (Å²) in [7, 11) is 0. The summed E-state index contributed by atoms with van der Waals surface area (Å²) in [5, 5.41) is 8.58. The highest BCUT2D eigenvalue weighted by Gasteiger charge is 2.07. The van der Waals surface area contributed by atoms with Crippen molar-refractivity contribution in [2.24, 2.45) is 0 Å². The molecule has 0 aliphatic carbocycles. The van der Waals surface area contributed by atoms with Gasteiger partial charge in [-0.3, -0.25) is 4.79 Å². The molecular formula is C13H9FN2O. The summed E-state index contributed by atoms with van der Waals surface area (Å²) in [5.74, 6) is -0.359. The zero-order valence-electron chi connectivity index (χ0n) is 8.90. The summed E-state index contributed by atoms with van der Waals surface area (Å²) in [5.41, 5.74) is 0.996. The van der Waals surface area contributed by atoms with E-state index in [1.165, 1.54) is 12.3 Å². The molecule has 0 atom stereocenters. The second-order valence-electron chi connectivity index (χ2n) is 3.56. The number of H-pyrrole nitrogens is 1. The normalized spacial score (nSPS) is 9.88. The van der Waals surface area contributed by atoms with Crippen LogP contribution in [-0.4, -0.2) is 4.98 Å². The summed E-state index contributed by atoms with van der Waals surface area (Å²) < 4.78 is 13.5. The molecule has 2 rings (SSSR count). The van der Waals surface area contributed by atoms with Gasteiger partial charge in [-0.05, 0) is 12.1 Å². The van der Waals surface area contributed by atoms with Crippen LogP contribution >= 0.6 is 0 Å². The van der Waals surface area contributed by atoms with Gasteiger partial charge < -0.3 is 4.98 Å². The van der Waals surface area contributed by atoms with E-state index in [1.54, 1.807) is 24.3 Å². The molecule has 1 aromatic heterocycles. The second kappa shape index (κ2) is 4.62. The number of hydrogen-bond acceptors (Lipinski definition) is 2. The van der Waals surface area contributed by atoms with Crippen LogP contribution in [0.15, 0.2) is 41.3 Å². The van der Waals surface area contributed by atoms with Crippen molar-refractivity contribution < 1.29 is 4.39 Å². The molecule has 17 heavy (non-hydrogen) atoms. The molecule has 0 saturated carbocycles. The van der Waals surface area contributed by atoms with Gasteiger partial charge in [0.25, 0.3) is 5.56 Å². The molecule has 3 nitrogen and oxygen atoms in total. The first-order valence-corrected chi connectivity index (χ1v) is 5.06. The lowest BCUT2D eigenvalue weighted by atomic mass is 10.0. The molecule has 84 valence electrons. The zero-order valence-corrected chi connectivity index (χ0v) is 8.90. The Morgan fingerprint density at radius 1 is 1.35 bits per heavy atom. The molecule has 0 saturated heterocycles. The number of aromatic nitrogens is 1. The largest absolute Gasteiger partial charge is 0.328 e. The number of pyridine rings is 1. The van der Waals surface area contributed by atoms with E-state index in [2.05, 4.69) is 4.98 Å². The summed E-state index contributed by atoms with van der Waals surface area (Å²) >= 11 is 0. The quantitative estimate of drug-likeness (QED) is 0.857. The molecule has 1 heterocycles. The number of hydrogen-bond donors (Lipinski definition) is 1. The van der Waals surface area contributed by atoms with Crippen molar-refractivity contribution in [3.8, 4) is 17.2 Å². The van der Waals surface area contributed by atoms with E-state index in [0.717, 1.165) is 0 Å². The number of nitrogens with zero attached hydrogens (tertiary/aromatic N) is 1. The molecular weight excluding hydrogens is 219 g/mol. The molecule has 2 aromatic rings. The van der Waals surface area contributed by atoms with Crippen LogP contribution in [0.25, 0.3) is 11.1 Å². The van der Waals surface area contributed by atoms with Crippen LogP contribution in [0.2, 0.25) is 0 Å². The summed E-state index contributed by atoms with van der Waals surface area (Å²) in [6.45, 7) is 0. The van der Waals surface area contributed by atoms with E-state index in [4.69, 9.17) is 5.26 Å². The number of nitriles is 1. The van der Waals surface area contributed by atoms with Gasteiger partial charge in [0.15, 0.2) is 0 Å². The topological polar surface area (TPSA) is 56.6 Å². The maximum Gasteiger partial charge on any atom is 0.252 e. The van der Waals surface area contributed by atoms with Crippen molar-refractivity contribution in [1.29, 1.82) is 5.26 Å². The van der Waals surface area contributed by atoms with E-state index < -0.39 is 0 Å². The Bertz CT molecular complexity index is 640. The third-order valence-corrected chi connectivity index (χ3v) is 2.43. The molecule has 4 heteroatoms. The highest BCUT2D eigenvalue weighted by molar-refractivity contribution is 5.63. The van der Waals surface area contributed by atoms with Crippen LogP contribution in [0.1, 0.15) is 5.56 Å². The number of benzene rings is 1. The molecule has 0 fully saturated rings. The minimum Gasteiger partial charge on any atom is -0.328 e. The molecule has 0 spiro atoms. The standard InChI is InChI=1S/C13H9FN2O/c14-12-4-2-1-3-11(12)10-7-9(5-6-15)13(17)16-8-10/h1-4,7-8H,5H2,(H,16,17). The molecule has 0 amide bonds. The van der Waals surface area contributed by atoms with Gasteiger partial charge in [0.05, 0.1) is 12.5 Å². The lowest BCUT2D eigenvalue weighted by Gasteiger charge is -2.04. The van der Waals surface area contributed by atoms with Gasteiger partial charge in [0, 0.05) is 22.9 Å². The Balaban J connectivity index is 2.55. The molecule has 1 aromatic carbocycles. The van der Waals surface area contributed by atoms with E-state index in [9.17, 15) is 9.18 Å². The predicted octanol–water partition coefficient (Wildman–Crippen LogP) is 2.25. The molecule has 0 radical (unpaired) electrons. The Hall–Kier alpha value is -2.41. The fourth-order valence-corrected chi connectivity index (χ4v) is 1.60. The van der Waals surface area contributed by atoms with Crippen LogP contribution in [-0.2, 0) is 6.42 Å². The van der Waals surface area contributed by atoms with Crippen LogP contribution in [0.5, 0.6) is 0 Å². The van der Waals surface area contributed by atoms with Crippen LogP contribution in [0.3, 0.4) is 0 Å². The first kappa shape index (κ1) is 11.1. The van der Waals surface area contributed by atoms with E-state index in [1.807, 2.05) is 6.07 Å². The van der Waals surface area contributed by atoms with Crippen molar-refractivity contribution in [3.63, 3.8) is 0 Å². The Kier molecular flexibility index (Phi) is 3.01. The van der Waals surface area contributed by atoms with E-state index in [-0.39, 0.29) is 17.8 Å². The fraction of sp³-hybridized carbons (Fsp3) is 0.0769. The predicted molar refractivity (Wildman–Crippen MR) is 61.8 cm³/mol. The fourth-order valence-electron chi connectivity index (χ4n) is 1.60. The van der Waals surface area contributed by atoms with Crippen molar-refractivity contribution in [1.82, 2.24) is 4.98 Å². The van der Waals surface area contributed by atoms with Gasteiger partial charge in [-0.1, -0.05) is 18.2 Å². The van der Waals surface area contributed by atoms with Gasteiger partial charge in [0.1, 0.15) is 5.82 Å². The van der Waals surface area contributed by atoms with Crippen LogP contribution in [0.4, 0.5) is 4.39 Å².